The number of primary amides is 1. The normalized spacial score (nSPS) is 16.6. The molecule has 0 aliphatic carbocycles. The highest BCUT2D eigenvalue weighted by Crippen LogP contribution is 2.19. The zero-order chi connectivity index (χ0) is 30.6. The van der Waals surface area contributed by atoms with Crippen LogP contribution in [0.3, 0.4) is 0 Å². The molecule has 228 valence electrons. The Hall–Kier alpha value is -4.66. The van der Waals surface area contributed by atoms with Gasteiger partial charge in [-0.15, -0.1) is 0 Å². The van der Waals surface area contributed by atoms with Crippen molar-refractivity contribution in [3.8, 4) is 0 Å². The number of rotatable bonds is 16. The molecule has 2 heterocycles. The maximum absolute atomic E-state index is 13.6. The standard InChI is InChI=1S/C27H39N9O6/c28-22(37)10-9-19(24(39)35-20(26(41)42)8-4-12-32-27(29)30)34-25(40)21(36-23(38)18-7-3-11-31-18)13-15-14-33-17-6-2-1-5-16(15)17/h1-2,5-6,14,18-21,31,33H,3-4,7-13H2,(H2,28,37)(H,34,40)(H,35,39)(H,36,38)(H,41,42)(H4,29,30,32). The van der Waals surface area contributed by atoms with E-state index in [9.17, 15) is 29.1 Å². The van der Waals surface area contributed by atoms with Crippen molar-refractivity contribution >= 4 is 46.5 Å². The molecule has 1 aromatic carbocycles. The van der Waals surface area contributed by atoms with Gasteiger partial charge in [-0.2, -0.15) is 0 Å². The first-order valence-electron chi connectivity index (χ1n) is 13.8. The zero-order valence-corrected chi connectivity index (χ0v) is 23.2. The second-order valence-electron chi connectivity index (χ2n) is 10.2. The van der Waals surface area contributed by atoms with Crippen LogP contribution in [0.5, 0.6) is 0 Å². The Kier molecular flexibility index (Phi) is 11.7. The Bertz CT molecular complexity index is 1300. The first-order chi connectivity index (χ1) is 20.0. The van der Waals surface area contributed by atoms with E-state index in [2.05, 4.69) is 31.2 Å². The van der Waals surface area contributed by atoms with Crippen LogP contribution in [0.25, 0.3) is 10.9 Å². The Morgan fingerprint density at radius 3 is 2.36 bits per heavy atom. The Morgan fingerprint density at radius 1 is 0.976 bits per heavy atom. The number of fused-ring (bicyclic) bond motifs is 1. The van der Waals surface area contributed by atoms with Gasteiger partial charge in [-0.25, -0.2) is 4.79 Å². The number of benzene rings is 1. The summed E-state index contributed by atoms with van der Waals surface area (Å²) in [7, 11) is 0. The van der Waals surface area contributed by atoms with E-state index in [0.717, 1.165) is 22.9 Å². The number of aliphatic carboxylic acids is 1. The highest BCUT2D eigenvalue weighted by Gasteiger charge is 2.32. The number of carboxylic acid groups (broad SMARTS) is 1. The molecule has 12 N–H and O–H groups in total. The fourth-order valence-corrected chi connectivity index (χ4v) is 4.77. The lowest BCUT2D eigenvalue weighted by Crippen LogP contribution is -2.57. The molecule has 1 saturated heterocycles. The highest BCUT2D eigenvalue weighted by molar-refractivity contribution is 5.95. The van der Waals surface area contributed by atoms with Crippen molar-refractivity contribution in [3.05, 3.63) is 36.0 Å². The summed E-state index contributed by atoms with van der Waals surface area (Å²) in [4.78, 5) is 70.0. The van der Waals surface area contributed by atoms with Gasteiger partial charge >= 0.3 is 5.97 Å². The van der Waals surface area contributed by atoms with E-state index in [1.165, 1.54) is 0 Å². The molecule has 42 heavy (non-hydrogen) atoms. The molecule has 0 saturated carbocycles. The molecular formula is C27H39N9O6. The topological polar surface area (TPSA) is 260 Å². The molecule has 4 amide bonds. The van der Waals surface area contributed by atoms with Crippen LogP contribution in [-0.4, -0.2) is 82.9 Å². The lowest BCUT2D eigenvalue weighted by Gasteiger charge is -2.25. The molecule has 1 aliphatic heterocycles. The van der Waals surface area contributed by atoms with Crippen molar-refractivity contribution in [2.45, 2.75) is 69.1 Å². The lowest BCUT2D eigenvalue weighted by molar-refractivity contribution is -0.142. The average molecular weight is 586 g/mol. The van der Waals surface area contributed by atoms with E-state index < -0.39 is 47.9 Å². The number of H-pyrrole nitrogens is 1. The minimum Gasteiger partial charge on any atom is -0.480 e. The number of carbonyl (C=O) groups is 5. The fraction of sp³-hybridized carbons (Fsp3) is 0.481. The molecule has 4 unspecified atom stereocenters. The number of carbonyl (C=O) groups excluding carboxylic acids is 4. The first-order valence-corrected chi connectivity index (χ1v) is 13.8. The van der Waals surface area contributed by atoms with E-state index in [4.69, 9.17) is 17.2 Å². The Morgan fingerprint density at radius 2 is 1.69 bits per heavy atom. The molecular weight excluding hydrogens is 546 g/mol. The van der Waals surface area contributed by atoms with Gasteiger partial charge in [0, 0.05) is 36.5 Å². The van der Waals surface area contributed by atoms with Crippen molar-refractivity contribution in [2.75, 3.05) is 13.1 Å². The largest absolute Gasteiger partial charge is 0.480 e. The van der Waals surface area contributed by atoms with E-state index in [1.807, 2.05) is 24.3 Å². The number of para-hydroxylation sites is 1. The number of amides is 4. The third-order valence-electron chi connectivity index (χ3n) is 6.98. The molecule has 4 atom stereocenters. The van der Waals surface area contributed by atoms with E-state index in [-0.39, 0.29) is 50.5 Å². The molecule has 0 bridgehead atoms. The molecule has 1 aliphatic rings. The molecule has 3 rings (SSSR count). The predicted molar refractivity (Wildman–Crippen MR) is 155 cm³/mol. The predicted octanol–water partition coefficient (Wildman–Crippen LogP) is -1.68. The minimum atomic E-state index is -1.30. The summed E-state index contributed by atoms with van der Waals surface area (Å²) >= 11 is 0. The van der Waals surface area contributed by atoms with Gasteiger partial charge in [0.25, 0.3) is 0 Å². The second kappa shape index (κ2) is 15.4. The van der Waals surface area contributed by atoms with Crippen LogP contribution >= 0.6 is 0 Å². The van der Waals surface area contributed by atoms with Crippen molar-refractivity contribution in [3.63, 3.8) is 0 Å². The van der Waals surface area contributed by atoms with Crippen molar-refractivity contribution in [1.29, 1.82) is 0 Å². The Balaban J connectivity index is 1.78. The molecule has 2 aromatic rings. The molecule has 15 heteroatoms. The number of hydrogen-bond acceptors (Lipinski definition) is 7. The number of carboxylic acids is 1. The summed E-state index contributed by atoms with van der Waals surface area (Å²) in [5.74, 6) is -3.97. The van der Waals surface area contributed by atoms with E-state index >= 15 is 0 Å². The quantitative estimate of drug-likeness (QED) is 0.0618. The highest BCUT2D eigenvalue weighted by atomic mass is 16.4. The third kappa shape index (κ3) is 9.47. The monoisotopic (exact) mass is 585 g/mol. The number of nitrogens with zero attached hydrogens (tertiary/aromatic N) is 1. The summed E-state index contributed by atoms with van der Waals surface area (Å²) in [6, 6.07) is 3.38. The number of aromatic amines is 1. The SMILES string of the molecule is NC(=O)CCC(NC(=O)C(Cc1c[nH]c2ccccc12)NC(=O)C1CCCN1)C(=O)NC(CCCN=C(N)N)C(=O)O. The van der Waals surface area contributed by atoms with E-state index in [1.54, 1.807) is 6.20 Å². The smallest absolute Gasteiger partial charge is 0.326 e. The first kappa shape index (κ1) is 31.9. The molecule has 1 aromatic heterocycles. The zero-order valence-electron chi connectivity index (χ0n) is 23.2. The van der Waals surface area contributed by atoms with Crippen LogP contribution in [0, 0.1) is 0 Å². The van der Waals surface area contributed by atoms with Gasteiger partial charge < -0.3 is 48.6 Å². The molecule has 1 fully saturated rings. The third-order valence-corrected chi connectivity index (χ3v) is 6.98. The van der Waals surface area contributed by atoms with Crippen molar-refractivity contribution in [2.24, 2.45) is 22.2 Å². The van der Waals surface area contributed by atoms with Gasteiger partial charge in [0.15, 0.2) is 5.96 Å². The van der Waals surface area contributed by atoms with Crippen LogP contribution in [-0.2, 0) is 30.4 Å². The minimum absolute atomic E-state index is 0.0158. The van der Waals surface area contributed by atoms with Gasteiger partial charge in [0.2, 0.25) is 23.6 Å². The van der Waals surface area contributed by atoms with Crippen molar-refractivity contribution in [1.82, 2.24) is 26.3 Å². The summed E-state index contributed by atoms with van der Waals surface area (Å²) < 4.78 is 0. The van der Waals surface area contributed by atoms with Crippen LogP contribution in [0.1, 0.15) is 44.1 Å². The van der Waals surface area contributed by atoms with Gasteiger partial charge in [-0.05, 0) is 50.3 Å². The average Bonchev–Trinajstić information content (AvgIpc) is 3.62. The second-order valence-corrected chi connectivity index (χ2v) is 10.2. The number of aliphatic imine (C=N–C) groups is 1. The fourth-order valence-electron chi connectivity index (χ4n) is 4.77. The number of nitrogens with one attached hydrogen (secondary N) is 5. The summed E-state index contributed by atoms with van der Waals surface area (Å²) in [6.45, 7) is 0.846. The van der Waals surface area contributed by atoms with Gasteiger partial charge in [-0.3, -0.25) is 24.2 Å². The van der Waals surface area contributed by atoms with Gasteiger partial charge in [0.05, 0.1) is 6.04 Å². The summed E-state index contributed by atoms with van der Waals surface area (Å²) in [6.07, 6.45) is 3.17. The summed E-state index contributed by atoms with van der Waals surface area (Å²) in [5.41, 5.74) is 17.5. The maximum atomic E-state index is 13.6. The van der Waals surface area contributed by atoms with Crippen LogP contribution < -0.4 is 38.5 Å². The Labute approximate surface area is 242 Å². The number of hydrogen-bond donors (Lipinski definition) is 9. The number of aromatic nitrogens is 1. The number of nitrogens with two attached hydrogens (primary N) is 3. The van der Waals surface area contributed by atoms with Gasteiger partial charge in [-0.1, -0.05) is 18.2 Å². The van der Waals surface area contributed by atoms with Gasteiger partial charge in [0.1, 0.15) is 18.1 Å². The molecule has 15 nitrogen and oxygen atoms in total. The maximum Gasteiger partial charge on any atom is 0.326 e. The van der Waals surface area contributed by atoms with Crippen LogP contribution in [0.2, 0.25) is 0 Å². The van der Waals surface area contributed by atoms with Crippen molar-refractivity contribution < 1.29 is 29.1 Å². The summed E-state index contributed by atoms with van der Waals surface area (Å²) in [5, 5.41) is 21.4. The molecule has 0 radical (unpaired) electrons. The molecule has 0 spiro atoms. The van der Waals surface area contributed by atoms with E-state index in [0.29, 0.717) is 13.0 Å². The lowest BCUT2D eigenvalue weighted by atomic mass is 10.0. The van der Waals surface area contributed by atoms with Crippen LogP contribution in [0.15, 0.2) is 35.5 Å². The number of guanidine groups is 1. The van der Waals surface area contributed by atoms with Crippen LogP contribution in [0.4, 0.5) is 0 Å².